The van der Waals surface area contributed by atoms with Gasteiger partial charge in [-0.25, -0.2) is 0 Å². The zero-order valence-electron chi connectivity index (χ0n) is 106. The van der Waals surface area contributed by atoms with E-state index in [0.717, 1.165) is 111 Å². The van der Waals surface area contributed by atoms with E-state index in [1.54, 1.807) is 4.90 Å². The Morgan fingerprint density at radius 3 is 0.750 bits per heavy atom. The number of fused-ring (bicyclic) bond motifs is 12. The number of benzene rings is 14. The van der Waals surface area contributed by atoms with Gasteiger partial charge < -0.3 is 29.4 Å². The molecule has 16 aromatic rings. The van der Waals surface area contributed by atoms with E-state index in [2.05, 4.69) is 259 Å². The maximum Gasteiger partial charge on any atom is 0.264 e. The Morgan fingerprint density at radius 1 is 0.229 bits per heavy atom. The van der Waals surface area contributed by atoms with Crippen molar-refractivity contribution in [2.24, 2.45) is 0 Å². The van der Waals surface area contributed by atoms with Crippen molar-refractivity contribution in [2.75, 3.05) is 29.4 Å². The third-order valence-corrected chi connectivity index (χ3v) is 30.2. The van der Waals surface area contributed by atoms with Crippen LogP contribution in [0, 0.1) is 13.8 Å². The number of hydrogen-bond donors (Lipinski definition) is 0. The molecule has 0 fully saturated rings. The van der Waals surface area contributed by atoms with Gasteiger partial charge in [-0.2, -0.15) is 0 Å². The van der Waals surface area contributed by atoms with Crippen molar-refractivity contribution >= 4 is 190 Å². The van der Waals surface area contributed by atoms with Gasteiger partial charge in [0.2, 0.25) is 0 Å². The molecule has 0 unspecified atom stereocenters. The maximum atomic E-state index is 10.1. The van der Waals surface area contributed by atoms with Gasteiger partial charge in [-0.05, 0) is 326 Å². The lowest BCUT2D eigenvalue weighted by Gasteiger charge is -2.44. The Balaban J connectivity index is 0.000000196. The van der Waals surface area contributed by atoms with Crippen molar-refractivity contribution in [1.29, 1.82) is 0 Å². The minimum absolute atomic E-state index is 0.0102. The van der Waals surface area contributed by atoms with Gasteiger partial charge in [-0.1, -0.05) is 329 Å². The highest BCUT2D eigenvalue weighted by Gasteiger charge is 2.49. The van der Waals surface area contributed by atoms with Crippen LogP contribution in [0.4, 0.5) is 102 Å². The molecule has 14 aromatic carbocycles. The summed E-state index contributed by atoms with van der Waals surface area (Å²) < 4.78 is 179. The van der Waals surface area contributed by atoms with E-state index >= 15 is 0 Å². The molecule has 712 valence electrons. The lowest BCUT2D eigenvalue weighted by Crippen LogP contribution is -2.60. The lowest BCUT2D eigenvalue weighted by atomic mass is 9.36. The Morgan fingerprint density at radius 2 is 0.471 bits per heavy atom. The monoisotopic (exact) mass is 1890 g/mol. The van der Waals surface area contributed by atoms with Crippen LogP contribution in [-0.4, -0.2) is 13.4 Å². The number of aryl methyl sites for hydroxylation is 2. The Kier molecular flexibility index (Phi) is 18.8. The molecule has 0 spiro atoms. The van der Waals surface area contributed by atoms with E-state index in [1.807, 2.05) is 169 Å². The van der Waals surface area contributed by atoms with Crippen LogP contribution in [0.25, 0.3) is 20.2 Å². The molecular weight excluding hydrogens is 1730 g/mol. The van der Waals surface area contributed by atoms with Crippen molar-refractivity contribution in [3.05, 3.63) is 358 Å². The highest BCUT2D eigenvalue weighted by molar-refractivity contribution is 7.34. The zero-order valence-corrected chi connectivity index (χ0v) is 89.6. The van der Waals surface area contributed by atoms with Gasteiger partial charge in [0.05, 0.1) is 36.0 Å². The highest BCUT2D eigenvalue weighted by Crippen LogP contribution is 2.55. The Labute approximate surface area is 872 Å². The van der Waals surface area contributed by atoms with Gasteiger partial charge >= 0.3 is 0 Å². The van der Waals surface area contributed by atoms with Crippen LogP contribution in [0.2, 0.25) is 0 Å². The second kappa shape index (κ2) is 34.4. The zero-order chi connectivity index (χ0) is 116. The average Bonchev–Trinajstić information content (AvgIpc) is 1.46. The number of thiophene rings is 2. The van der Waals surface area contributed by atoms with Crippen LogP contribution < -0.4 is 60.8 Å². The summed E-state index contributed by atoms with van der Waals surface area (Å²) >= 11 is 2.87. The molecule has 6 nitrogen and oxygen atoms in total. The minimum atomic E-state index is -0.750. The highest BCUT2D eigenvalue weighted by atomic mass is 32.1. The van der Waals surface area contributed by atoms with E-state index in [4.69, 9.17) is 0 Å². The molecule has 6 heterocycles. The first-order valence-electron chi connectivity index (χ1n) is 58.5. The summed E-state index contributed by atoms with van der Waals surface area (Å²) in [6.45, 7) is 64.8. The standard InChI is InChI=1S/2C65H72BN3S/c2*1-41-37-55-58-56(38-41)69(50-32-23-45(24-33-50)64(11,12)13)59-52-39-46(65(14,15)16)25-36-57(52)70-60(59)66(58)53-35-34-51(40-54(53)68(55)49-30-21-44(22-31-49)63(8,9)10)67(47-26-17-42(18-27-47)61(2,3)4)48-28-19-43(20-29-48)62(5,6)7/h2*17-40H,1-16H3/i17D,18D,21D,22D,25D,26D,27D,30D,31D,36D,39D;21D,22D,25D,30D,31D,36D,39D. The summed E-state index contributed by atoms with van der Waals surface area (Å²) in [4.78, 5) is 12.3. The van der Waals surface area contributed by atoms with Crippen molar-refractivity contribution in [3.63, 3.8) is 0 Å². The first-order chi connectivity index (χ1) is 73.1. The lowest BCUT2D eigenvalue weighted by molar-refractivity contribution is 0.590. The molecule has 0 saturated carbocycles. The van der Waals surface area contributed by atoms with E-state index in [9.17, 15) is 24.7 Å². The van der Waals surface area contributed by atoms with Crippen LogP contribution in [0.1, 0.15) is 299 Å². The minimum Gasteiger partial charge on any atom is -0.311 e. The van der Waals surface area contributed by atoms with Gasteiger partial charge in [0.15, 0.2) is 0 Å². The average molecular weight is 1890 g/mol. The van der Waals surface area contributed by atoms with Gasteiger partial charge in [0.1, 0.15) is 0 Å². The predicted octanol–water partition coefficient (Wildman–Crippen LogP) is 34.5. The summed E-state index contributed by atoms with van der Waals surface area (Å²) in [6.07, 6.45) is 0. The largest absolute Gasteiger partial charge is 0.311 e. The number of rotatable bonds is 10. The molecule has 0 saturated heterocycles. The van der Waals surface area contributed by atoms with E-state index < -0.39 is 40.5 Å². The van der Waals surface area contributed by atoms with Crippen molar-refractivity contribution in [3.8, 4) is 0 Å². The maximum absolute atomic E-state index is 10.1. The molecule has 0 aliphatic carbocycles. The molecule has 4 aliphatic rings. The predicted molar refractivity (Wildman–Crippen MR) is 618 cm³/mol. The molecule has 0 amide bonds. The fourth-order valence-electron chi connectivity index (χ4n) is 19.7. The van der Waals surface area contributed by atoms with E-state index in [-0.39, 0.29) is 158 Å². The molecule has 0 atom stereocenters. The van der Waals surface area contributed by atoms with Gasteiger partial charge in [-0.3, -0.25) is 0 Å². The topological polar surface area (TPSA) is 19.4 Å². The molecule has 20 rings (SSSR count). The fraction of sp³-hybridized carbons (Fsp3) is 0.323. The Hall–Kier alpha value is -12.1. The van der Waals surface area contributed by atoms with Crippen molar-refractivity contribution in [2.45, 2.75) is 276 Å². The van der Waals surface area contributed by atoms with Crippen LogP contribution in [0.3, 0.4) is 0 Å². The van der Waals surface area contributed by atoms with Crippen molar-refractivity contribution < 1.29 is 24.7 Å². The summed E-state index contributed by atoms with van der Waals surface area (Å²) in [5.41, 5.74) is 20.1. The first kappa shape index (κ1) is 76.7. The summed E-state index contributed by atoms with van der Waals surface area (Å²) in [5.74, 6) is 0. The Bertz CT molecular complexity index is 8500. The molecule has 4 aliphatic heterocycles. The summed E-state index contributed by atoms with van der Waals surface area (Å²) in [7, 11) is 0. The second-order valence-electron chi connectivity index (χ2n) is 49.2. The fourth-order valence-corrected chi connectivity index (χ4v) is 22.1. The van der Waals surface area contributed by atoms with E-state index in [0.29, 0.717) is 70.9 Å². The van der Waals surface area contributed by atoms with Crippen LogP contribution in [-0.2, 0) is 54.1 Å². The molecule has 2 aromatic heterocycles. The van der Waals surface area contributed by atoms with Crippen LogP contribution >= 0.6 is 22.7 Å². The number of hydrogen-bond acceptors (Lipinski definition) is 8. The van der Waals surface area contributed by atoms with E-state index in [1.165, 1.54) is 39.4 Å². The smallest absolute Gasteiger partial charge is 0.264 e. The number of nitrogens with zero attached hydrogens (tertiary/aromatic N) is 6. The third kappa shape index (κ3) is 17.8. The SMILES string of the molecule is [2H]c1c([2H])c(C(C)(C)C)c([2H])c([2H])c1N(c1ccc(C(C)(C)C)cc1)c1ccc2c(c1)N(c1c([2H])c([2H])c(C(C)(C)C)c([2H])c1[2H])c1cc(C)cc3c1B2c1sc2c([2H])c([2H])c(C(C)(C)C)c([2H])c2c1N3c1ccc(C(C)(C)C)cc1.[2H]c1c([2H])c(C(C)(C)C)c([2H])c([2H])c1N1c2cc(N(c3ccc(C(C)(C)C)cc3)c3ccc(C(C)(C)C)cc3)ccc2B2c3sc4c([2H])c([2H])c(C(C)(C)C)c([2H])c4c3N(c3ccc(C(C)(C)C)cc3)c3cc(C)cc1c32. The normalized spacial score (nSPS) is 15.7. The van der Waals surface area contributed by atoms with Gasteiger partial charge in [0.25, 0.3) is 13.4 Å². The number of anilines is 18. The van der Waals surface area contributed by atoms with Crippen LogP contribution in [0.5, 0.6) is 0 Å². The molecule has 140 heavy (non-hydrogen) atoms. The molecule has 10 heteroatoms. The first-order valence-corrected chi connectivity index (χ1v) is 51.1. The quantitative estimate of drug-likeness (QED) is 0.126. The van der Waals surface area contributed by atoms with Crippen LogP contribution in [0.15, 0.2) is 291 Å². The molecule has 0 bridgehead atoms. The van der Waals surface area contributed by atoms with Gasteiger partial charge in [0, 0.05) is 121 Å². The summed E-state index contributed by atoms with van der Waals surface area (Å²) in [5, 5.41) is 1.21. The molecular formula is C130H144B2N6S2. The molecule has 0 N–H and O–H groups in total. The van der Waals surface area contributed by atoms with Crippen molar-refractivity contribution in [1.82, 2.24) is 0 Å². The third-order valence-electron chi connectivity index (χ3n) is 27.9. The van der Waals surface area contributed by atoms with Gasteiger partial charge in [-0.15, -0.1) is 22.7 Å². The second-order valence-corrected chi connectivity index (χ2v) is 51.3. The molecule has 0 radical (unpaired) electrons. The summed E-state index contributed by atoms with van der Waals surface area (Å²) in [6, 6.07) is 61.8.